The highest BCUT2D eigenvalue weighted by molar-refractivity contribution is 5.77. The number of aromatic amines is 1. The smallest absolute Gasteiger partial charge is 0.248 e. The van der Waals surface area contributed by atoms with Crippen molar-refractivity contribution in [3.8, 4) is 0 Å². The monoisotopic (exact) mass is 299 g/mol. The summed E-state index contributed by atoms with van der Waals surface area (Å²) in [6.45, 7) is 2.15. The number of piperidine rings is 1. The van der Waals surface area contributed by atoms with E-state index in [0.717, 1.165) is 37.3 Å². The number of nitrogens with one attached hydrogen (secondary N) is 1. The van der Waals surface area contributed by atoms with Gasteiger partial charge in [-0.2, -0.15) is 0 Å². The molecule has 0 radical (unpaired) electrons. The minimum Gasteiger partial charge on any atom is -0.367 e. The summed E-state index contributed by atoms with van der Waals surface area (Å²) >= 11 is 0. The lowest BCUT2D eigenvalue weighted by Crippen LogP contribution is -2.41. The molecule has 1 saturated heterocycles. The van der Waals surface area contributed by atoms with E-state index in [0.29, 0.717) is 12.5 Å². The predicted octanol–water partition coefficient (Wildman–Crippen LogP) is 2.33. The molecule has 1 aliphatic heterocycles. The van der Waals surface area contributed by atoms with Gasteiger partial charge in [0.2, 0.25) is 5.91 Å². The molecule has 22 heavy (non-hydrogen) atoms. The van der Waals surface area contributed by atoms with Crippen LogP contribution in [0.5, 0.6) is 0 Å². The average molecular weight is 299 g/mol. The van der Waals surface area contributed by atoms with E-state index in [9.17, 15) is 4.79 Å². The van der Waals surface area contributed by atoms with E-state index in [1.165, 1.54) is 0 Å². The van der Waals surface area contributed by atoms with Crippen molar-refractivity contribution in [2.24, 2.45) is 0 Å². The molecule has 1 fully saturated rings. The summed E-state index contributed by atoms with van der Waals surface area (Å²) in [5, 5.41) is 0. The van der Waals surface area contributed by atoms with Crippen LogP contribution in [0, 0.1) is 0 Å². The van der Waals surface area contributed by atoms with Gasteiger partial charge in [-0.05, 0) is 18.4 Å². The van der Waals surface area contributed by atoms with Crippen LogP contribution >= 0.6 is 0 Å². The van der Waals surface area contributed by atoms with Gasteiger partial charge >= 0.3 is 0 Å². The standard InChI is InChI=1S/C17H21N3O2/c21-16(13-22-12-14-5-2-1-3-6-14)20-10-4-7-15(11-20)17-18-8-9-19-17/h1-3,5-6,8-9,15H,4,7,10-13H2,(H,18,19)/t15-/m1/s1. The Labute approximate surface area is 130 Å². The van der Waals surface area contributed by atoms with E-state index < -0.39 is 0 Å². The zero-order valence-electron chi connectivity index (χ0n) is 12.6. The lowest BCUT2D eigenvalue weighted by molar-refractivity contribution is -0.137. The van der Waals surface area contributed by atoms with Gasteiger partial charge in [0, 0.05) is 31.4 Å². The third-order valence-electron chi connectivity index (χ3n) is 4.02. The average Bonchev–Trinajstić information content (AvgIpc) is 3.10. The lowest BCUT2D eigenvalue weighted by atomic mass is 9.97. The van der Waals surface area contributed by atoms with Crippen molar-refractivity contribution in [1.82, 2.24) is 14.9 Å². The number of imidazole rings is 1. The van der Waals surface area contributed by atoms with Crippen molar-refractivity contribution < 1.29 is 9.53 Å². The van der Waals surface area contributed by atoms with Crippen LogP contribution < -0.4 is 0 Å². The van der Waals surface area contributed by atoms with Crippen LogP contribution in [0.15, 0.2) is 42.7 Å². The minimum atomic E-state index is 0.0622. The normalized spacial score (nSPS) is 18.4. The van der Waals surface area contributed by atoms with Gasteiger partial charge in [0.25, 0.3) is 0 Å². The van der Waals surface area contributed by atoms with Crippen molar-refractivity contribution in [3.05, 3.63) is 54.1 Å². The van der Waals surface area contributed by atoms with E-state index in [2.05, 4.69) is 9.97 Å². The fourth-order valence-electron chi connectivity index (χ4n) is 2.85. The third kappa shape index (κ3) is 3.74. The highest BCUT2D eigenvalue weighted by Crippen LogP contribution is 2.24. The first-order chi connectivity index (χ1) is 10.8. The van der Waals surface area contributed by atoms with Gasteiger partial charge in [0.05, 0.1) is 6.61 Å². The molecule has 0 saturated carbocycles. The van der Waals surface area contributed by atoms with Gasteiger partial charge in [0.15, 0.2) is 0 Å². The van der Waals surface area contributed by atoms with Gasteiger partial charge in [0.1, 0.15) is 12.4 Å². The van der Waals surface area contributed by atoms with Crippen molar-refractivity contribution in [2.75, 3.05) is 19.7 Å². The number of hydrogen-bond donors (Lipinski definition) is 1. The van der Waals surface area contributed by atoms with Gasteiger partial charge in [-0.25, -0.2) is 4.98 Å². The molecule has 0 unspecified atom stereocenters. The quantitative estimate of drug-likeness (QED) is 0.922. The molecule has 1 atom stereocenters. The van der Waals surface area contributed by atoms with Crippen molar-refractivity contribution >= 4 is 5.91 Å². The van der Waals surface area contributed by atoms with E-state index in [4.69, 9.17) is 4.74 Å². The number of benzene rings is 1. The Morgan fingerprint density at radius 2 is 2.23 bits per heavy atom. The molecule has 1 aliphatic rings. The first-order valence-corrected chi connectivity index (χ1v) is 7.71. The van der Waals surface area contributed by atoms with Gasteiger partial charge in [-0.15, -0.1) is 0 Å². The largest absolute Gasteiger partial charge is 0.367 e. The topological polar surface area (TPSA) is 58.2 Å². The number of amides is 1. The Morgan fingerprint density at radius 1 is 1.36 bits per heavy atom. The molecule has 1 amide bonds. The second-order valence-electron chi connectivity index (χ2n) is 5.63. The maximum absolute atomic E-state index is 12.3. The number of rotatable bonds is 5. The number of hydrogen-bond acceptors (Lipinski definition) is 3. The second kappa shape index (κ2) is 7.22. The molecule has 0 aliphatic carbocycles. The van der Waals surface area contributed by atoms with E-state index in [1.54, 1.807) is 6.20 Å². The van der Waals surface area contributed by atoms with Crippen LogP contribution in [0.3, 0.4) is 0 Å². The van der Waals surface area contributed by atoms with Crippen LogP contribution in [0.4, 0.5) is 0 Å². The number of carbonyl (C=O) groups excluding carboxylic acids is 1. The molecular formula is C17H21N3O2. The van der Waals surface area contributed by atoms with Crippen LogP contribution in [0.1, 0.15) is 30.1 Å². The molecule has 116 valence electrons. The third-order valence-corrected chi connectivity index (χ3v) is 4.02. The molecular weight excluding hydrogens is 278 g/mol. The summed E-state index contributed by atoms with van der Waals surface area (Å²) < 4.78 is 5.55. The fraction of sp³-hybridized carbons (Fsp3) is 0.412. The van der Waals surface area contributed by atoms with E-state index in [1.807, 2.05) is 41.4 Å². The number of likely N-dealkylation sites (tertiary alicyclic amines) is 1. The molecule has 0 bridgehead atoms. The molecule has 1 N–H and O–H groups in total. The minimum absolute atomic E-state index is 0.0622. The Balaban J connectivity index is 1.47. The Bertz CT molecular complexity index is 583. The molecule has 2 heterocycles. The first-order valence-electron chi connectivity index (χ1n) is 7.71. The van der Waals surface area contributed by atoms with Gasteiger partial charge in [-0.1, -0.05) is 30.3 Å². The van der Waals surface area contributed by atoms with Crippen LogP contribution in [-0.2, 0) is 16.1 Å². The summed E-state index contributed by atoms with van der Waals surface area (Å²) in [4.78, 5) is 21.6. The van der Waals surface area contributed by atoms with Crippen LogP contribution in [0.25, 0.3) is 0 Å². The summed E-state index contributed by atoms with van der Waals surface area (Å²) in [5.41, 5.74) is 1.09. The summed E-state index contributed by atoms with van der Waals surface area (Å²) in [7, 11) is 0. The fourth-order valence-corrected chi connectivity index (χ4v) is 2.85. The van der Waals surface area contributed by atoms with E-state index >= 15 is 0 Å². The Hall–Kier alpha value is -2.14. The number of ether oxygens (including phenoxy) is 1. The summed E-state index contributed by atoms with van der Waals surface area (Å²) in [6.07, 6.45) is 5.68. The highest BCUT2D eigenvalue weighted by atomic mass is 16.5. The molecule has 0 spiro atoms. The maximum atomic E-state index is 12.3. The zero-order valence-corrected chi connectivity index (χ0v) is 12.6. The predicted molar refractivity (Wildman–Crippen MR) is 83.2 cm³/mol. The lowest BCUT2D eigenvalue weighted by Gasteiger charge is -2.31. The second-order valence-corrected chi connectivity index (χ2v) is 5.63. The first kappa shape index (κ1) is 14.8. The zero-order chi connectivity index (χ0) is 15.2. The molecule has 2 aromatic rings. The van der Waals surface area contributed by atoms with Crippen molar-refractivity contribution in [1.29, 1.82) is 0 Å². The summed E-state index contributed by atoms with van der Waals surface area (Å²) in [6, 6.07) is 9.91. The Kier molecular flexibility index (Phi) is 4.85. The number of H-pyrrole nitrogens is 1. The SMILES string of the molecule is O=C(COCc1ccccc1)N1CCC[C@@H](c2ncc[nH]2)C1. The van der Waals surface area contributed by atoms with Crippen LogP contribution in [0.2, 0.25) is 0 Å². The molecule has 5 heteroatoms. The molecule has 5 nitrogen and oxygen atoms in total. The summed E-state index contributed by atoms with van der Waals surface area (Å²) in [5.74, 6) is 1.34. The Morgan fingerprint density at radius 3 is 3.00 bits per heavy atom. The van der Waals surface area contributed by atoms with E-state index in [-0.39, 0.29) is 12.5 Å². The maximum Gasteiger partial charge on any atom is 0.248 e. The van der Waals surface area contributed by atoms with Gasteiger partial charge in [-0.3, -0.25) is 4.79 Å². The number of carbonyl (C=O) groups is 1. The van der Waals surface area contributed by atoms with Crippen molar-refractivity contribution in [3.63, 3.8) is 0 Å². The molecule has 3 rings (SSSR count). The van der Waals surface area contributed by atoms with Crippen molar-refractivity contribution in [2.45, 2.75) is 25.4 Å². The highest BCUT2D eigenvalue weighted by Gasteiger charge is 2.25. The van der Waals surface area contributed by atoms with Gasteiger partial charge < -0.3 is 14.6 Å². The number of aromatic nitrogens is 2. The molecule has 1 aromatic heterocycles. The molecule has 1 aromatic carbocycles. The van der Waals surface area contributed by atoms with Crippen LogP contribution in [-0.4, -0.2) is 40.5 Å². The number of nitrogens with zero attached hydrogens (tertiary/aromatic N) is 2.